The molecule has 0 unspecified atom stereocenters. The number of hydrogen-bond donors (Lipinski definition) is 0. The molecule has 7 aromatic carbocycles. The zero-order valence-electron chi connectivity index (χ0n) is 26.7. The predicted octanol–water partition coefficient (Wildman–Crippen LogP) is 10.8. The maximum absolute atomic E-state index is 10.5. The van der Waals surface area contributed by atoms with Gasteiger partial charge in [0, 0.05) is 27.1 Å². The molecule has 2 heterocycles. The second-order valence-corrected chi connectivity index (χ2v) is 12.3. The van der Waals surface area contributed by atoms with Crippen LogP contribution in [0.1, 0.15) is 16.7 Å². The average molecular weight is 636 g/mol. The van der Waals surface area contributed by atoms with E-state index in [1.165, 1.54) is 10.8 Å². The Morgan fingerprint density at radius 3 is 1.58 bits per heavy atom. The van der Waals surface area contributed by atoms with Crippen LogP contribution in [0, 0.1) is 34.0 Å². The van der Waals surface area contributed by atoms with Gasteiger partial charge >= 0.3 is 0 Å². The molecule has 230 valence electrons. The van der Waals surface area contributed by atoms with Crippen LogP contribution in [0.5, 0.6) is 0 Å². The molecule has 9 aromatic rings. The molecule has 0 N–H and O–H groups in total. The van der Waals surface area contributed by atoms with Crippen LogP contribution < -0.4 is 0 Å². The van der Waals surface area contributed by atoms with Gasteiger partial charge in [-0.2, -0.15) is 15.8 Å². The highest BCUT2D eigenvalue weighted by Crippen LogP contribution is 2.39. The Labute approximate surface area is 287 Å². The van der Waals surface area contributed by atoms with Crippen LogP contribution in [0.15, 0.2) is 152 Å². The number of benzene rings is 7. The summed E-state index contributed by atoms with van der Waals surface area (Å²) in [4.78, 5) is 0. The Hall–Kier alpha value is -7.39. The van der Waals surface area contributed by atoms with Crippen LogP contribution in [-0.2, 0) is 0 Å². The van der Waals surface area contributed by atoms with Crippen LogP contribution >= 0.6 is 0 Å². The Morgan fingerprint density at radius 2 is 0.920 bits per heavy atom. The number of fused-ring (bicyclic) bond motifs is 6. The van der Waals surface area contributed by atoms with Gasteiger partial charge in [0.25, 0.3) is 0 Å². The summed E-state index contributed by atoms with van der Waals surface area (Å²) in [5.41, 5.74) is 11.1. The van der Waals surface area contributed by atoms with E-state index in [9.17, 15) is 15.8 Å². The van der Waals surface area contributed by atoms with Crippen LogP contribution in [-0.4, -0.2) is 9.13 Å². The summed E-state index contributed by atoms with van der Waals surface area (Å²) < 4.78 is 4.39. The number of rotatable bonds is 4. The van der Waals surface area contributed by atoms with E-state index < -0.39 is 0 Å². The minimum Gasteiger partial charge on any atom is -0.309 e. The van der Waals surface area contributed by atoms with E-state index in [0.717, 1.165) is 66.5 Å². The molecular weight excluding hydrogens is 611 g/mol. The van der Waals surface area contributed by atoms with Crippen molar-refractivity contribution in [2.45, 2.75) is 0 Å². The molecule has 0 aliphatic heterocycles. The smallest absolute Gasteiger partial charge is 0.101 e. The third-order valence-corrected chi connectivity index (χ3v) is 9.59. The standard InChI is InChI=1S/C45H25N5/c46-26-29-17-19-45-39(23-29)38-12-4-8-16-44(38)49(45)40-20-18-31(24-34(40)28-48)32-21-30(27-47)22-33(25-32)35-9-1-5-13-41(35)50-42-14-6-2-10-36(42)37-11-3-7-15-43(37)50/h1-25H. The van der Waals surface area contributed by atoms with Crippen molar-refractivity contribution in [2.24, 2.45) is 0 Å². The van der Waals surface area contributed by atoms with E-state index in [0.29, 0.717) is 16.7 Å². The van der Waals surface area contributed by atoms with Gasteiger partial charge in [0.15, 0.2) is 0 Å². The molecule has 0 bridgehead atoms. The van der Waals surface area contributed by atoms with E-state index in [-0.39, 0.29) is 0 Å². The van der Waals surface area contributed by atoms with E-state index in [1.807, 2.05) is 84.9 Å². The van der Waals surface area contributed by atoms with Crippen LogP contribution in [0.3, 0.4) is 0 Å². The second-order valence-electron chi connectivity index (χ2n) is 12.3. The molecule has 0 spiro atoms. The number of nitriles is 3. The van der Waals surface area contributed by atoms with Crippen molar-refractivity contribution < 1.29 is 0 Å². The van der Waals surface area contributed by atoms with Crippen molar-refractivity contribution in [2.75, 3.05) is 0 Å². The average Bonchev–Trinajstić information content (AvgIpc) is 3.70. The van der Waals surface area contributed by atoms with Crippen LogP contribution in [0.4, 0.5) is 0 Å². The third-order valence-electron chi connectivity index (χ3n) is 9.59. The molecule has 5 nitrogen and oxygen atoms in total. The first-order valence-corrected chi connectivity index (χ1v) is 16.3. The minimum atomic E-state index is 0.504. The lowest BCUT2D eigenvalue weighted by atomic mass is 9.94. The Kier molecular flexibility index (Phi) is 6.56. The molecule has 0 amide bonds. The van der Waals surface area contributed by atoms with E-state index >= 15 is 0 Å². The van der Waals surface area contributed by atoms with Gasteiger partial charge in [-0.05, 0) is 89.5 Å². The van der Waals surface area contributed by atoms with Crippen molar-refractivity contribution >= 4 is 43.6 Å². The fourth-order valence-electron chi connectivity index (χ4n) is 7.41. The fourth-order valence-corrected chi connectivity index (χ4v) is 7.41. The molecule has 0 atom stereocenters. The molecule has 0 saturated heterocycles. The van der Waals surface area contributed by atoms with Crippen molar-refractivity contribution in [1.82, 2.24) is 9.13 Å². The summed E-state index contributed by atoms with van der Waals surface area (Å²) >= 11 is 0. The molecule has 0 saturated carbocycles. The summed E-state index contributed by atoms with van der Waals surface area (Å²) in [5.74, 6) is 0. The van der Waals surface area contributed by atoms with Crippen molar-refractivity contribution in [3.05, 3.63) is 168 Å². The molecule has 0 fully saturated rings. The monoisotopic (exact) mass is 635 g/mol. The van der Waals surface area contributed by atoms with Gasteiger partial charge in [0.2, 0.25) is 0 Å². The summed E-state index contributed by atoms with van der Waals surface area (Å²) in [7, 11) is 0. The van der Waals surface area contributed by atoms with Gasteiger partial charge in [-0.1, -0.05) is 78.9 Å². The molecule has 0 aliphatic rings. The van der Waals surface area contributed by atoms with Crippen molar-refractivity contribution in [3.63, 3.8) is 0 Å². The number of nitrogens with zero attached hydrogens (tertiary/aromatic N) is 5. The van der Waals surface area contributed by atoms with E-state index in [2.05, 4.69) is 94.1 Å². The molecular formula is C45H25N5. The molecule has 0 aliphatic carbocycles. The predicted molar refractivity (Wildman–Crippen MR) is 200 cm³/mol. The highest BCUT2D eigenvalue weighted by atomic mass is 15.0. The first kappa shape index (κ1) is 28.8. The normalized spacial score (nSPS) is 11.1. The number of hydrogen-bond acceptors (Lipinski definition) is 3. The summed E-state index contributed by atoms with van der Waals surface area (Å²) in [5, 5.41) is 34.6. The minimum absolute atomic E-state index is 0.504. The van der Waals surface area contributed by atoms with Crippen LogP contribution in [0.2, 0.25) is 0 Å². The molecule has 50 heavy (non-hydrogen) atoms. The first-order valence-electron chi connectivity index (χ1n) is 16.3. The Balaban J connectivity index is 1.22. The topological polar surface area (TPSA) is 81.2 Å². The second kappa shape index (κ2) is 11.4. The summed E-state index contributed by atoms with van der Waals surface area (Å²) in [6.45, 7) is 0. The maximum Gasteiger partial charge on any atom is 0.101 e. The summed E-state index contributed by atoms with van der Waals surface area (Å²) in [6.07, 6.45) is 0. The molecule has 2 aromatic heterocycles. The quantitative estimate of drug-likeness (QED) is 0.193. The SMILES string of the molecule is N#Cc1cc(-c2ccc(-n3c4ccccc4c4cc(C#N)ccc43)c(C#N)c2)cc(-c2ccccc2-n2c3ccccc3c3ccccc32)c1. The first-order chi connectivity index (χ1) is 24.7. The summed E-state index contributed by atoms with van der Waals surface area (Å²) in [6, 6.07) is 57.7. The lowest BCUT2D eigenvalue weighted by molar-refractivity contribution is 1.17. The van der Waals surface area contributed by atoms with Crippen molar-refractivity contribution in [3.8, 4) is 51.8 Å². The van der Waals surface area contributed by atoms with Gasteiger partial charge in [0.05, 0.1) is 62.3 Å². The third kappa shape index (κ3) is 4.38. The van der Waals surface area contributed by atoms with Crippen LogP contribution in [0.25, 0.3) is 77.2 Å². The lowest BCUT2D eigenvalue weighted by Gasteiger charge is -2.16. The van der Waals surface area contributed by atoms with Gasteiger partial charge in [-0.15, -0.1) is 0 Å². The van der Waals surface area contributed by atoms with Gasteiger partial charge in [-0.25, -0.2) is 0 Å². The fraction of sp³-hybridized carbons (Fsp3) is 0. The Bertz CT molecular complexity index is 2920. The maximum atomic E-state index is 10.5. The molecule has 5 heteroatoms. The zero-order chi connectivity index (χ0) is 33.8. The number of para-hydroxylation sites is 4. The molecule has 0 radical (unpaired) electrons. The van der Waals surface area contributed by atoms with Gasteiger partial charge < -0.3 is 9.13 Å². The van der Waals surface area contributed by atoms with E-state index in [4.69, 9.17) is 0 Å². The highest BCUT2D eigenvalue weighted by molar-refractivity contribution is 6.11. The van der Waals surface area contributed by atoms with Gasteiger partial charge in [-0.3, -0.25) is 0 Å². The highest BCUT2D eigenvalue weighted by Gasteiger charge is 2.18. The zero-order valence-corrected chi connectivity index (χ0v) is 26.7. The van der Waals surface area contributed by atoms with Gasteiger partial charge in [0.1, 0.15) is 6.07 Å². The van der Waals surface area contributed by atoms with E-state index in [1.54, 1.807) is 0 Å². The number of aromatic nitrogens is 2. The van der Waals surface area contributed by atoms with Crippen molar-refractivity contribution in [1.29, 1.82) is 15.8 Å². The Morgan fingerprint density at radius 1 is 0.360 bits per heavy atom. The lowest BCUT2D eigenvalue weighted by Crippen LogP contribution is -1.99. The molecule has 9 rings (SSSR count). The largest absolute Gasteiger partial charge is 0.309 e.